The van der Waals surface area contributed by atoms with Crippen molar-refractivity contribution in [2.45, 2.75) is 25.6 Å². The van der Waals surface area contributed by atoms with E-state index < -0.39 is 18.2 Å². The smallest absolute Gasteiger partial charge is 0.308 e. The highest BCUT2D eigenvalue weighted by molar-refractivity contribution is 6.34. The molecule has 0 saturated heterocycles. The number of aliphatic hydroxyl groups excluding tert-OH is 2. The zero-order valence-corrected chi connectivity index (χ0v) is 11.6. The molecular weight excluding hydrogens is 295 g/mol. The molecule has 0 amide bonds. The lowest BCUT2D eigenvalue weighted by Gasteiger charge is -2.19. The molecule has 0 heterocycles. The van der Waals surface area contributed by atoms with Crippen molar-refractivity contribution in [2.24, 2.45) is 0 Å². The van der Waals surface area contributed by atoms with Gasteiger partial charge in [0.2, 0.25) is 0 Å². The van der Waals surface area contributed by atoms with Gasteiger partial charge < -0.3 is 20.1 Å². The number of aromatic hydroxyl groups is 1. The number of carbonyl (C=O) groups excluding carboxylic acids is 1. The maximum atomic E-state index is 11.2. The predicted octanol–water partition coefficient (Wildman–Crippen LogP) is 2.05. The molecule has 3 N–H and O–H groups in total. The van der Waals surface area contributed by atoms with E-state index in [1.54, 1.807) is 6.92 Å². The number of aliphatic hydroxyl groups is 2. The average molecular weight is 309 g/mol. The largest absolute Gasteiger partial charge is 0.506 e. The Morgan fingerprint density at radius 2 is 1.95 bits per heavy atom. The zero-order chi connectivity index (χ0) is 14.6. The van der Waals surface area contributed by atoms with Crippen molar-refractivity contribution < 1.29 is 24.9 Å². The van der Waals surface area contributed by atoms with Gasteiger partial charge in [0.25, 0.3) is 0 Å². The molecule has 7 heteroatoms. The molecule has 1 rings (SSSR count). The van der Waals surface area contributed by atoms with Crippen LogP contribution in [0.1, 0.15) is 25.0 Å². The maximum absolute atomic E-state index is 11.2. The van der Waals surface area contributed by atoms with Crippen LogP contribution < -0.4 is 0 Å². The van der Waals surface area contributed by atoms with Gasteiger partial charge in [0.1, 0.15) is 11.9 Å². The Morgan fingerprint density at radius 1 is 1.32 bits per heavy atom. The molecule has 106 valence electrons. The van der Waals surface area contributed by atoms with Crippen LogP contribution in [0.15, 0.2) is 12.1 Å². The second-order valence-corrected chi connectivity index (χ2v) is 4.66. The minimum absolute atomic E-state index is 0.0122. The van der Waals surface area contributed by atoms with Crippen LogP contribution in [0.3, 0.4) is 0 Å². The molecule has 0 bridgehead atoms. The topological polar surface area (TPSA) is 87.0 Å². The first-order valence-corrected chi connectivity index (χ1v) is 6.32. The van der Waals surface area contributed by atoms with Crippen molar-refractivity contribution in [3.05, 3.63) is 27.7 Å². The van der Waals surface area contributed by atoms with Crippen molar-refractivity contribution in [1.82, 2.24) is 0 Å². The molecule has 0 saturated carbocycles. The summed E-state index contributed by atoms with van der Waals surface area (Å²) in [6.45, 7) is 1.82. The highest BCUT2D eigenvalue weighted by atomic mass is 35.5. The van der Waals surface area contributed by atoms with Crippen LogP contribution in [-0.2, 0) is 9.53 Å². The summed E-state index contributed by atoms with van der Waals surface area (Å²) < 4.78 is 4.66. The first kappa shape index (κ1) is 16.0. The standard InChI is InChI=1S/C12H14Cl2O5/c1-2-19-11(17)5-10(16)12(18)6-3-8(14)9(15)4-7(6)13/h3-4,10,12,15-16,18H,2,5H2,1H3. The Hall–Kier alpha value is -1.01. The number of esters is 1. The number of benzene rings is 1. The Balaban J connectivity index is 2.85. The van der Waals surface area contributed by atoms with Gasteiger partial charge in [-0.3, -0.25) is 4.79 Å². The van der Waals surface area contributed by atoms with E-state index in [-0.39, 0.29) is 34.4 Å². The molecule has 0 spiro atoms. The van der Waals surface area contributed by atoms with Gasteiger partial charge in [0.15, 0.2) is 0 Å². The molecule has 0 aliphatic carbocycles. The van der Waals surface area contributed by atoms with Crippen molar-refractivity contribution in [2.75, 3.05) is 6.61 Å². The zero-order valence-electron chi connectivity index (χ0n) is 10.1. The molecule has 0 radical (unpaired) electrons. The van der Waals surface area contributed by atoms with Crippen molar-refractivity contribution >= 4 is 29.2 Å². The number of rotatable bonds is 5. The number of hydrogen-bond donors (Lipinski definition) is 3. The number of carbonyl (C=O) groups is 1. The van der Waals surface area contributed by atoms with Crippen molar-refractivity contribution in [1.29, 1.82) is 0 Å². The molecule has 0 fully saturated rings. The Bertz CT molecular complexity index is 464. The number of ether oxygens (including phenoxy) is 1. The van der Waals surface area contributed by atoms with Gasteiger partial charge in [0, 0.05) is 11.6 Å². The fourth-order valence-corrected chi connectivity index (χ4v) is 1.93. The van der Waals surface area contributed by atoms with Crippen LogP contribution in [0, 0.1) is 0 Å². The Labute approximate surface area is 120 Å². The normalized spacial score (nSPS) is 13.9. The van der Waals surface area contributed by atoms with Crippen LogP contribution in [-0.4, -0.2) is 34.0 Å². The minimum Gasteiger partial charge on any atom is -0.506 e. The Kier molecular flexibility index (Phi) is 5.87. The molecule has 2 unspecified atom stereocenters. The summed E-state index contributed by atoms with van der Waals surface area (Å²) in [6, 6.07) is 2.39. The number of hydrogen-bond acceptors (Lipinski definition) is 5. The van der Waals surface area contributed by atoms with Crippen molar-refractivity contribution in [3.63, 3.8) is 0 Å². The summed E-state index contributed by atoms with van der Waals surface area (Å²) in [5, 5.41) is 29.0. The molecule has 0 aliphatic rings. The molecule has 19 heavy (non-hydrogen) atoms. The number of phenolic OH excluding ortho intramolecular Hbond substituents is 1. The molecule has 5 nitrogen and oxygen atoms in total. The fraction of sp³-hybridized carbons (Fsp3) is 0.417. The SMILES string of the molecule is CCOC(=O)CC(O)C(O)c1cc(Cl)c(O)cc1Cl. The summed E-state index contributed by atoms with van der Waals surface area (Å²) in [5.41, 5.74) is 0.126. The van der Waals surface area contributed by atoms with E-state index in [0.717, 1.165) is 6.07 Å². The molecule has 0 aromatic heterocycles. The van der Waals surface area contributed by atoms with Gasteiger partial charge in [-0.2, -0.15) is 0 Å². The lowest BCUT2D eigenvalue weighted by Crippen LogP contribution is -2.23. The third-order valence-electron chi connectivity index (χ3n) is 2.43. The van der Waals surface area contributed by atoms with Gasteiger partial charge in [0.05, 0.1) is 29.2 Å². The molecular formula is C12H14Cl2O5. The summed E-state index contributed by atoms with van der Waals surface area (Å²) in [4.78, 5) is 11.2. The van der Waals surface area contributed by atoms with Gasteiger partial charge >= 0.3 is 5.97 Å². The molecule has 1 aromatic rings. The van der Waals surface area contributed by atoms with E-state index in [2.05, 4.69) is 4.74 Å². The van der Waals surface area contributed by atoms with Crippen LogP contribution in [0.5, 0.6) is 5.75 Å². The first-order valence-electron chi connectivity index (χ1n) is 5.56. The van der Waals surface area contributed by atoms with E-state index in [0.29, 0.717) is 0 Å². The summed E-state index contributed by atoms with van der Waals surface area (Å²) in [7, 11) is 0. The fourth-order valence-electron chi connectivity index (χ4n) is 1.49. The summed E-state index contributed by atoms with van der Waals surface area (Å²) in [6.07, 6.45) is -3.16. The van der Waals surface area contributed by atoms with Gasteiger partial charge in [-0.25, -0.2) is 0 Å². The lowest BCUT2D eigenvalue weighted by atomic mass is 10.0. The van der Waals surface area contributed by atoms with Gasteiger partial charge in [-0.1, -0.05) is 23.2 Å². The third kappa shape index (κ3) is 4.24. The summed E-state index contributed by atoms with van der Waals surface area (Å²) in [5.74, 6) is -0.863. The van der Waals surface area contributed by atoms with E-state index in [9.17, 15) is 20.1 Å². The predicted molar refractivity (Wildman–Crippen MR) is 70.3 cm³/mol. The van der Waals surface area contributed by atoms with Crippen LogP contribution in [0.4, 0.5) is 0 Å². The van der Waals surface area contributed by atoms with Crippen LogP contribution >= 0.6 is 23.2 Å². The number of phenols is 1. The van der Waals surface area contributed by atoms with Crippen molar-refractivity contribution in [3.8, 4) is 5.75 Å². The summed E-state index contributed by atoms with van der Waals surface area (Å²) >= 11 is 11.5. The monoisotopic (exact) mass is 308 g/mol. The van der Waals surface area contributed by atoms with Crippen LogP contribution in [0.25, 0.3) is 0 Å². The third-order valence-corrected chi connectivity index (χ3v) is 3.06. The van der Waals surface area contributed by atoms with E-state index in [4.69, 9.17) is 23.2 Å². The highest BCUT2D eigenvalue weighted by Crippen LogP contribution is 2.34. The van der Waals surface area contributed by atoms with Crippen LogP contribution in [0.2, 0.25) is 10.0 Å². The Morgan fingerprint density at radius 3 is 2.53 bits per heavy atom. The minimum atomic E-state index is -1.41. The van der Waals surface area contributed by atoms with E-state index >= 15 is 0 Å². The molecule has 0 aliphatic heterocycles. The van der Waals surface area contributed by atoms with Gasteiger partial charge in [-0.05, 0) is 13.0 Å². The van der Waals surface area contributed by atoms with E-state index in [1.165, 1.54) is 6.07 Å². The first-order chi connectivity index (χ1) is 8.86. The molecule has 2 atom stereocenters. The maximum Gasteiger partial charge on any atom is 0.308 e. The molecule has 1 aromatic carbocycles. The second kappa shape index (κ2) is 6.96. The number of halogens is 2. The van der Waals surface area contributed by atoms with Gasteiger partial charge in [-0.15, -0.1) is 0 Å². The average Bonchev–Trinajstić information content (AvgIpc) is 2.33. The lowest BCUT2D eigenvalue weighted by molar-refractivity contribution is -0.147. The second-order valence-electron chi connectivity index (χ2n) is 3.85. The highest BCUT2D eigenvalue weighted by Gasteiger charge is 2.25. The quantitative estimate of drug-likeness (QED) is 0.725. The van der Waals surface area contributed by atoms with E-state index in [1.807, 2.05) is 0 Å².